The molecule has 43 heavy (non-hydrogen) atoms. The lowest BCUT2D eigenvalue weighted by atomic mass is 9.95. The Hall–Kier alpha value is -5.46. The third kappa shape index (κ3) is 5.32. The quantitative estimate of drug-likeness (QED) is 0.291. The van der Waals surface area contributed by atoms with Crippen LogP contribution >= 0.6 is 11.3 Å². The van der Waals surface area contributed by atoms with Gasteiger partial charge in [-0.25, -0.2) is 4.99 Å². The average Bonchev–Trinajstić information content (AvgIpc) is 3.34. The largest absolute Gasteiger partial charge is 0.497 e. The second kappa shape index (κ2) is 11.8. The number of nitriles is 1. The number of nitrogens with one attached hydrogen (secondary N) is 1. The molecule has 0 saturated heterocycles. The molecule has 0 saturated carbocycles. The summed E-state index contributed by atoms with van der Waals surface area (Å²) < 4.78 is 13.2. The van der Waals surface area contributed by atoms with E-state index in [0.29, 0.717) is 48.9 Å². The third-order valence-electron chi connectivity index (χ3n) is 7.21. The molecule has 2 heterocycles. The molecule has 0 bridgehead atoms. The van der Waals surface area contributed by atoms with E-state index in [4.69, 9.17) is 19.7 Å². The van der Waals surface area contributed by atoms with Gasteiger partial charge in [-0.3, -0.25) is 14.2 Å². The summed E-state index contributed by atoms with van der Waals surface area (Å²) in [6.45, 7) is 1.65. The number of carbonyl (C=O) groups is 1. The molecule has 0 radical (unpaired) electrons. The number of ether oxygens (including phenoxy) is 2. The summed E-state index contributed by atoms with van der Waals surface area (Å²) >= 11 is 1.24. The first-order valence-corrected chi connectivity index (χ1v) is 14.3. The molecule has 8 nitrogen and oxygen atoms in total. The van der Waals surface area contributed by atoms with Crippen molar-refractivity contribution in [3.05, 3.63) is 133 Å². The van der Waals surface area contributed by atoms with E-state index in [9.17, 15) is 9.59 Å². The smallest absolute Gasteiger partial charge is 0.271 e. The van der Waals surface area contributed by atoms with E-state index in [1.165, 1.54) is 11.3 Å². The number of thiazole rings is 1. The standard InChI is InChI=1S/C34H26N4O4S/c1-21-30(32(39)37-24-11-4-3-5-12-24)31(23-10-8-13-25(19-23)41-2)38-33(40)29(43-34(38)36-21)20-27-26-14-7-6-9-22(26)15-16-28(27)42-18-17-35/h3-16,19-20,31H,18H2,1-2H3,(H,37,39)/b29-20-/t31-/m0/s1. The fraction of sp³-hybridized carbons (Fsp3) is 0.118. The van der Waals surface area contributed by atoms with Crippen LogP contribution in [0.2, 0.25) is 0 Å². The maximum absolute atomic E-state index is 14.3. The first-order chi connectivity index (χ1) is 21.0. The van der Waals surface area contributed by atoms with Crippen LogP contribution in [0.5, 0.6) is 11.5 Å². The molecule has 1 aliphatic rings. The second-order valence-electron chi connectivity index (χ2n) is 9.82. The van der Waals surface area contributed by atoms with Crippen LogP contribution in [0.1, 0.15) is 24.1 Å². The van der Waals surface area contributed by atoms with Gasteiger partial charge in [0.2, 0.25) is 0 Å². The van der Waals surface area contributed by atoms with Crippen molar-refractivity contribution in [2.24, 2.45) is 4.99 Å². The Kier molecular flexibility index (Phi) is 7.60. The minimum atomic E-state index is -0.751. The molecule has 1 atom stereocenters. The fourth-order valence-corrected chi connectivity index (χ4v) is 6.28. The number of para-hydroxylation sites is 1. The molecule has 0 unspecified atom stereocenters. The Morgan fingerprint density at radius 1 is 1.07 bits per heavy atom. The Morgan fingerprint density at radius 3 is 2.65 bits per heavy atom. The number of carbonyl (C=O) groups excluding carboxylic acids is 1. The van der Waals surface area contributed by atoms with Crippen molar-refractivity contribution in [2.45, 2.75) is 13.0 Å². The predicted molar refractivity (Wildman–Crippen MR) is 167 cm³/mol. The van der Waals surface area contributed by atoms with Gasteiger partial charge in [0, 0.05) is 11.3 Å². The van der Waals surface area contributed by atoms with E-state index in [2.05, 4.69) is 5.32 Å². The Balaban J connectivity index is 1.56. The molecule has 0 aliphatic carbocycles. The number of fused-ring (bicyclic) bond motifs is 2. The van der Waals surface area contributed by atoms with E-state index in [-0.39, 0.29) is 18.1 Å². The van der Waals surface area contributed by atoms with Gasteiger partial charge in [-0.2, -0.15) is 5.26 Å². The molecule has 0 fully saturated rings. The second-order valence-corrected chi connectivity index (χ2v) is 10.8. The Bertz CT molecular complexity index is 2120. The van der Waals surface area contributed by atoms with Crippen molar-refractivity contribution in [3.8, 4) is 17.6 Å². The summed E-state index contributed by atoms with van der Waals surface area (Å²) in [5.74, 6) is 0.748. The summed E-state index contributed by atoms with van der Waals surface area (Å²) in [6, 6.07) is 29.3. The van der Waals surface area contributed by atoms with Crippen molar-refractivity contribution in [1.82, 2.24) is 4.57 Å². The number of nitrogens with zero attached hydrogens (tertiary/aromatic N) is 3. The summed E-state index contributed by atoms with van der Waals surface area (Å²) in [5.41, 5.74) is 2.61. The Labute approximate surface area is 251 Å². The minimum Gasteiger partial charge on any atom is -0.497 e. The number of hydrogen-bond donors (Lipinski definition) is 1. The topological polar surface area (TPSA) is 106 Å². The van der Waals surface area contributed by atoms with Crippen LogP contribution in [0.25, 0.3) is 16.8 Å². The van der Waals surface area contributed by atoms with Crippen molar-refractivity contribution in [2.75, 3.05) is 19.0 Å². The Morgan fingerprint density at radius 2 is 1.86 bits per heavy atom. The van der Waals surface area contributed by atoms with Gasteiger partial charge in [0.15, 0.2) is 11.4 Å². The highest BCUT2D eigenvalue weighted by molar-refractivity contribution is 7.07. The monoisotopic (exact) mass is 586 g/mol. The highest BCUT2D eigenvalue weighted by Crippen LogP contribution is 2.33. The fourth-order valence-electron chi connectivity index (χ4n) is 5.25. The van der Waals surface area contributed by atoms with Crippen molar-refractivity contribution < 1.29 is 14.3 Å². The number of hydrogen-bond acceptors (Lipinski definition) is 7. The molecule has 1 aliphatic heterocycles. The van der Waals surface area contributed by atoms with Crippen LogP contribution in [0.15, 0.2) is 112 Å². The van der Waals surface area contributed by atoms with Crippen molar-refractivity contribution >= 4 is 39.8 Å². The zero-order valence-corrected chi connectivity index (χ0v) is 24.2. The summed E-state index contributed by atoms with van der Waals surface area (Å²) in [7, 11) is 1.57. The number of amides is 1. The van der Waals surface area contributed by atoms with Crippen LogP contribution < -0.4 is 29.7 Å². The first kappa shape index (κ1) is 27.7. The third-order valence-corrected chi connectivity index (χ3v) is 8.19. The molecular weight excluding hydrogens is 560 g/mol. The van der Waals surface area contributed by atoms with Crippen molar-refractivity contribution in [3.63, 3.8) is 0 Å². The van der Waals surface area contributed by atoms with Crippen LogP contribution in [0.4, 0.5) is 5.69 Å². The van der Waals surface area contributed by atoms with Gasteiger partial charge in [0.1, 0.15) is 17.6 Å². The molecule has 5 aromatic rings. The van der Waals surface area contributed by atoms with E-state index in [1.54, 1.807) is 42.9 Å². The lowest BCUT2D eigenvalue weighted by Crippen LogP contribution is -2.40. The van der Waals surface area contributed by atoms with Gasteiger partial charge < -0.3 is 14.8 Å². The van der Waals surface area contributed by atoms with E-state index >= 15 is 0 Å². The number of allylic oxidation sites excluding steroid dienone is 1. The lowest BCUT2D eigenvalue weighted by molar-refractivity contribution is -0.113. The highest BCUT2D eigenvalue weighted by Gasteiger charge is 2.33. The number of methoxy groups -OCH3 is 1. The molecule has 6 rings (SSSR count). The average molecular weight is 587 g/mol. The van der Waals surface area contributed by atoms with Crippen LogP contribution in [-0.4, -0.2) is 24.2 Å². The lowest BCUT2D eigenvalue weighted by Gasteiger charge is -2.25. The molecule has 9 heteroatoms. The number of aromatic nitrogens is 1. The molecule has 1 aromatic heterocycles. The van der Waals surface area contributed by atoms with Gasteiger partial charge in [-0.1, -0.05) is 72.0 Å². The maximum atomic E-state index is 14.3. The van der Waals surface area contributed by atoms with E-state index in [0.717, 1.165) is 10.8 Å². The van der Waals surface area contributed by atoms with Crippen LogP contribution in [0, 0.1) is 11.3 Å². The zero-order valence-electron chi connectivity index (χ0n) is 23.4. The molecule has 1 N–H and O–H groups in total. The normalized spacial score (nSPS) is 14.5. The molecular formula is C34H26N4O4S. The van der Waals surface area contributed by atoms with Gasteiger partial charge in [0.25, 0.3) is 11.5 Å². The first-order valence-electron chi connectivity index (χ1n) is 13.5. The van der Waals surface area contributed by atoms with E-state index < -0.39 is 6.04 Å². The SMILES string of the molecule is COc1cccc([C@H]2C(C(=O)Nc3ccccc3)=C(C)N=c3s/c(=C\c4c(OCC#N)ccc5ccccc45)c(=O)n32)c1. The molecule has 212 valence electrons. The minimum absolute atomic E-state index is 0.130. The maximum Gasteiger partial charge on any atom is 0.271 e. The summed E-state index contributed by atoms with van der Waals surface area (Å²) in [4.78, 5) is 33.3. The highest BCUT2D eigenvalue weighted by atomic mass is 32.1. The van der Waals surface area contributed by atoms with Gasteiger partial charge in [-0.05, 0) is 59.7 Å². The number of benzene rings is 4. The predicted octanol–water partition coefficient (Wildman–Crippen LogP) is 4.94. The van der Waals surface area contributed by atoms with Gasteiger partial charge in [-0.15, -0.1) is 0 Å². The number of anilines is 1. The van der Waals surface area contributed by atoms with Gasteiger partial charge >= 0.3 is 0 Å². The van der Waals surface area contributed by atoms with Gasteiger partial charge in [0.05, 0.1) is 29.0 Å². The molecule has 0 spiro atoms. The molecule has 4 aromatic carbocycles. The number of rotatable bonds is 7. The zero-order chi connectivity index (χ0) is 29.9. The van der Waals surface area contributed by atoms with Crippen molar-refractivity contribution in [1.29, 1.82) is 5.26 Å². The molecule has 1 amide bonds. The van der Waals surface area contributed by atoms with Crippen LogP contribution in [0.3, 0.4) is 0 Å². The van der Waals surface area contributed by atoms with E-state index in [1.807, 2.05) is 78.9 Å². The van der Waals surface area contributed by atoms with Crippen LogP contribution in [-0.2, 0) is 4.79 Å². The summed E-state index contributed by atoms with van der Waals surface area (Å²) in [6.07, 6.45) is 1.78. The summed E-state index contributed by atoms with van der Waals surface area (Å²) in [5, 5.41) is 14.0.